The zero-order valence-electron chi connectivity index (χ0n) is 14.9. The maximum Gasteiger partial charge on any atom is 0.255 e. The van der Waals surface area contributed by atoms with Crippen molar-refractivity contribution in [1.82, 2.24) is 0 Å². The Morgan fingerprint density at radius 3 is 2.93 bits per heavy atom. The minimum Gasteiger partial charge on any atom is -0.490 e. The molecule has 2 aromatic carbocycles. The number of rotatable bonds is 8. The Labute approximate surface area is 167 Å². The van der Waals surface area contributed by atoms with Crippen molar-refractivity contribution in [3.63, 3.8) is 0 Å². The predicted octanol–water partition coefficient (Wildman–Crippen LogP) is 4.82. The fraction of sp³-hybridized carbons (Fsp3) is 0.286. The Kier molecular flexibility index (Phi) is 6.90. The van der Waals surface area contributed by atoms with Gasteiger partial charge in [-0.15, -0.1) is 0 Å². The average molecular weight is 432 g/mol. The van der Waals surface area contributed by atoms with Crippen LogP contribution in [0.25, 0.3) is 0 Å². The van der Waals surface area contributed by atoms with Gasteiger partial charge in [-0.05, 0) is 59.1 Å². The van der Waals surface area contributed by atoms with Crippen molar-refractivity contribution >= 4 is 27.5 Å². The number of nitrogens with one attached hydrogen (secondary N) is 1. The monoisotopic (exact) mass is 431 g/mol. The topological polar surface area (TPSA) is 56.8 Å². The molecule has 0 bridgehead atoms. The number of hydrogen-bond acceptors (Lipinski definition) is 4. The molecule has 0 aliphatic carbocycles. The Balaban J connectivity index is 1.61. The van der Waals surface area contributed by atoms with E-state index in [9.17, 15) is 4.79 Å². The molecule has 0 saturated carbocycles. The van der Waals surface area contributed by atoms with E-state index >= 15 is 0 Å². The highest BCUT2D eigenvalue weighted by Crippen LogP contribution is 2.27. The van der Waals surface area contributed by atoms with Crippen molar-refractivity contribution in [2.45, 2.75) is 18.9 Å². The molecule has 0 radical (unpaired) electrons. The van der Waals surface area contributed by atoms with Crippen LogP contribution in [-0.4, -0.2) is 31.8 Å². The van der Waals surface area contributed by atoms with Gasteiger partial charge in [0.1, 0.15) is 24.7 Å². The Morgan fingerprint density at radius 2 is 2.19 bits per heavy atom. The van der Waals surface area contributed by atoms with Gasteiger partial charge in [-0.3, -0.25) is 4.79 Å². The van der Waals surface area contributed by atoms with Crippen molar-refractivity contribution < 1.29 is 19.0 Å². The first kappa shape index (κ1) is 19.5. The van der Waals surface area contributed by atoms with Gasteiger partial charge in [0, 0.05) is 23.9 Å². The molecular weight excluding hydrogens is 410 g/mol. The lowest BCUT2D eigenvalue weighted by molar-refractivity contribution is 0.0677. The minimum absolute atomic E-state index is 0.149. The molecule has 0 aromatic heterocycles. The van der Waals surface area contributed by atoms with E-state index in [-0.39, 0.29) is 12.0 Å². The molecule has 142 valence electrons. The number of benzene rings is 2. The summed E-state index contributed by atoms with van der Waals surface area (Å²) in [6.45, 7) is 5.35. The SMILES string of the molecule is C=CCOc1cccc(NC(=O)c2ccc(OCC3CCCO3)c(Br)c2)c1. The summed E-state index contributed by atoms with van der Waals surface area (Å²) in [5, 5.41) is 2.87. The maximum absolute atomic E-state index is 12.5. The quantitative estimate of drug-likeness (QED) is 0.608. The van der Waals surface area contributed by atoms with Crippen molar-refractivity contribution in [1.29, 1.82) is 0 Å². The summed E-state index contributed by atoms with van der Waals surface area (Å²) in [6, 6.07) is 12.5. The van der Waals surface area contributed by atoms with Gasteiger partial charge >= 0.3 is 0 Å². The molecule has 3 rings (SSSR count). The maximum atomic E-state index is 12.5. The highest BCUT2D eigenvalue weighted by molar-refractivity contribution is 9.10. The van der Waals surface area contributed by atoms with Gasteiger partial charge in [-0.25, -0.2) is 0 Å². The number of anilines is 1. The summed E-state index contributed by atoms with van der Waals surface area (Å²) in [7, 11) is 0. The first-order valence-electron chi connectivity index (χ1n) is 8.85. The lowest BCUT2D eigenvalue weighted by Crippen LogP contribution is -2.16. The van der Waals surface area contributed by atoms with Gasteiger partial charge in [0.25, 0.3) is 5.91 Å². The molecule has 1 fully saturated rings. The number of carbonyl (C=O) groups is 1. The third-order valence-electron chi connectivity index (χ3n) is 4.10. The van der Waals surface area contributed by atoms with E-state index in [1.807, 2.05) is 18.2 Å². The van der Waals surface area contributed by atoms with Gasteiger partial charge in [0.05, 0.1) is 10.6 Å². The highest BCUT2D eigenvalue weighted by Gasteiger charge is 2.17. The van der Waals surface area contributed by atoms with Crippen LogP contribution in [0.4, 0.5) is 5.69 Å². The zero-order chi connectivity index (χ0) is 19.1. The zero-order valence-corrected chi connectivity index (χ0v) is 16.5. The van der Waals surface area contributed by atoms with Crippen molar-refractivity contribution in [3.05, 3.63) is 65.2 Å². The van der Waals surface area contributed by atoms with Crippen molar-refractivity contribution in [2.75, 3.05) is 25.1 Å². The van der Waals surface area contributed by atoms with Crippen LogP contribution in [0.3, 0.4) is 0 Å². The average Bonchev–Trinajstić information content (AvgIpc) is 3.19. The van der Waals surface area contributed by atoms with Crippen LogP contribution in [0.2, 0.25) is 0 Å². The third kappa shape index (κ3) is 5.58. The Hall–Kier alpha value is -2.31. The lowest BCUT2D eigenvalue weighted by Gasteiger charge is -2.13. The molecule has 1 amide bonds. The first-order valence-corrected chi connectivity index (χ1v) is 9.64. The molecule has 27 heavy (non-hydrogen) atoms. The van der Waals surface area contributed by atoms with E-state index in [2.05, 4.69) is 27.8 Å². The van der Waals surface area contributed by atoms with E-state index in [1.54, 1.807) is 30.3 Å². The van der Waals surface area contributed by atoms with Gasteiger partial charge in [-0.2, -0.15) is 0 Å². The van der Waals surface area contributed by atoms with E-state index in [0.29, 0.717) is 36.0 Å². The number of carbonyl (C=O) groups excluding carboxylic acids is 1. The van der Waals surface area contributed by atoms with Crippen molar-refractivity contribution in [3.8, 4) is 11.5 Å². The van der Waals surface area contributed by atoms with Crippen LogP contribution in [0.1, 0.15) is 23.2 Å². The minimum atomic E-state index is -0.206. The number of amides is 1. The smallest absolute Gasteiger partial charge is 0.255 e. The number of halogens is 1. The van der Waals surface area contributed by atoms with Crippen LogP contribution in [0.5, 0.6) is 11.5 Å². The summed E-state index contributed by atoms with van der Waals surface area (Å²) >= 11 is 3.48. The first-order chi connectivity index (χ1) is 13.2. The summed E-state index contributed by atoms with van der Waals surface area (Å²) < 4.78 is 17.6. The van der Waals surface area contributed by atoms with Crippen LogP contribution >= 0.6 is 15.9 Å². The normalized spacial score (nSPS) is 16.0. The summed E-state index contributed by atoms with van der Waals surface area (Å²) in [6.07, 6.45) is 3.92. The highest BCUT2D eigenvalue weighted by atomic mass is 79.9. The standard InChI is InChI=1S/C21H22BrNO4/c1-2-10-25-17-6-3-5-16(13-17)23-21(24)15-8-9-20(19(22)12-15)27-14-18-7-4-11-26-18/h2-3,5-6,8-9,12-13,18H,1,4,7,10-11,14H2,(H,23,24). The molecule has 1 N–H and O–H groups in total. The van der Waals surface area contributed by atoms with E-state index in [0.717, 1.165) is 23.9 Å². The molecule has 1 unspecified atom stereocenters. The van der Waals surface area contributed by atoms with Gasteiger partial charge in [0.2, 0.25) is 0 Å². The molecule has 6 heteroatoms. The fourth-order valence-electron chi connectivity index (χ4n) is 2.74. The fourth-order valence-corrected chi connectivity index (χ4v) is 3.23. The molecule has 1 saturated heterocycles. The van der Waals surface area contributed by atoms with Gasteiger partial charge < -0.3 is 19.5 Å². The van der Waals surface area contributed by atoms with Gasteiger partial charge in [-0.1, -0.05) is 18.7 Å². The van der Waals surface area contributed by atoms with Gasteiger partial charge in [0.15, 0.2) is 0 Å². The number of hydrogen-bond donors (Lipinski definition) is 1. The lowest BCUT2D eigenvalue weighted by atomic mass is 10.2. The van der Waals surface area contributed by atoms with Crippen LogP contribution in [0.15, 0.2) is 59.6 Å². The van der Waals surface area contributed by atoms with E-state index in [1.165, 1.54) is 0 Å². The molecule has 0 spiro atoms. The molecular formula is C21H22BrNO4. The third-order valence-corrected chi connectivity index (χ3v) is 4.72. The second kappa shape index (κ2) is 9.58. The molecule has 5 nitrogen and oxygen atoms in total. The number of ether oxygens (including phenoxy) is 3. The Morgan fingerprint density at radius 1 is 1.30 bits per heavy atom. The van der Waals surface area contributed by atoms with Crippen molar-refractivity contribution in [2.24, 2.45) is 0 Å². The van der Waals surface area contributed by atoms with E-state index < -0.39 is 0 Å². The van der Waals surface area contributed by atoms with Crippen LogP contribution in [0, 0.1) is 0 Å². The second-order valence-electron chi connectivity index (χ2n) is 6.17. The molecule has 1 aliphatic rings. The molecule has 2 aromatic rings. The Bertz CT molecular complexity index is 803. The summed E-state index contributed by atoms with van der Waals surface area (Å²) in [5.41, 5.74) is 1.19. The van der Waals surface area contributed by atoms with Crippen LogP contribution < -0.4 is 14.8 Å². The summed E-state index contributed by atoms with van der Waals surface area (Å²) in [5.74, 6) is 1.16. The molecule has 1 atom stereocenters. The second-order valence-corrected chi connectivity index (χ2v) is 7.03. The summed E-state index contributed by atoms with van der Waals surface area (Å²) in [4.78, 5) is 12.5. The molecule has 1 heterocycles. The predicted molar refractivity (Wildman–Crippen MR) is 109 cm³/mol. The van der Waals surface area contributed by atoms with E-state index in [4.69, 9.17) is 14.2 Å². The van der Waals surface area contributed by atoms with Crippen LogP contribution in [-0.2, 0) is 4.74 Å². The molecule has 1 aliphatic heterocycles. The largest absolute Gasteiger partial charge is 0.490 e.